The van der Waals surface area contributed by atoms with Crippen LogP contribution in [-0.2, 0) is 4.79 Å². The van der Waals surface area contributed by atoms with Crippen LogP contribution in [0.4, 0.5) is 11.5 Å². The fraction of sp³-hybridized carbons (Fsp3) is 0.476. The van der Waals surface area contributed by atoms with Gasteiger partial charge in [-0.3, -0.25) is 14.7 Å². The molecule has 154 valence electrons. The molecule has 2 fully saturated rings. The van der Waals surface area contributed by atoms with Gasteiger partial charge in [0.2, 0.25) is 5.91 Å². The standard InChI is InChI=1S/C21H27N5O3/c1-28-19-15-17(26-8-2-3-21(26)27)4-5-18(19)29-14-13-24-9-11-25(12-10-24)20-16-22-6-7-23-20/h4-7,15-16H,2-3,8-14H2,1H3. The minimum Gasteiger partial charge on any atom is -0.493 e. The number of benzene rings is 1. The van der Waals surface area contributed by atoms with Crippen LogP contribution in [0.2, 0.25) is 0 Å². The number of hydrogen-bond acceptors (Lipinski definition) is 7. The van der Waals surface area contributed by atoms with Crippen LogP contribution in [0, 0.1) is 0 Å². The van der Waals surface area contributed by atoms with Gasteiger partial charge in [0, 0.05) is 69.8 Å². The molecule has 4 rings (SSSR count). The molecule has 2 saturated heterocycles. The second-order valence-corrected chi connectivity index (χ2v) is 7.22. The molecule has 8 heteroatoms. The quantitative estimate of drug-likeness (QED) is 0.706. The van der Waals surface area contributed by atoms with Crippen molar-refractivity contribution in [1.29, 1.82) is 0 Å². The van der Waals surface area contributed by atoms with Gasteiger partial charge >= 0.3 is 0 Å². The van der Waals surface area contributed by atoms with Crippen LogP contribution < -0.4 is 19.3 Å². The molecule has 2 aliphatic heterocycles. The zero-order chi connectivity index (χ0) is 20.1. The summed E-state index contributed by atoms with van der Waals surface area (Å²) in [4.78, 5) is 26.9. The van der Waals surface area contributed by atoms with Gasteiger partial charge < -0.3 is 19.3 Å². The largest absolute Gasteiger partial charge is 0.493 e. The van der Waals surface area contributed by atoms with Gasteiger partial charge in [-0.15, -0.1) is 0 Å². The number of amides is 1. The second-order valence-electron chi connectivity index (χ2n) is 7.22. The molecular weight excluding hydrogens is 370 g/mol. The molecule has 2 aliphatic rings. The number of methoxy groups -OCH3 is 1. The van der Waals surface area contributed by atoms with Crippen molar-refractivity contribution in [3.05, 3.63) is 36.8 Å². The summed E-state index contributed by atoms with van der Waals surface area (Å²) in [7, 11) is 1.63. The first-order valence-electron chi connectivity index (χ1n) is 10.1. The highest BCUT2D eigenvalue weighted by Gasteiger charge is 2.23. The average molecular weight is 397 g/mol. The normalized spacial score (nSPS) is 17.6. The van der Waals surface area contributed by atoms with Crippen molar-refractivity contribution in [2.45, 2.75) is 12.8 Å². The molecule has 1 aromatic carbocycles. The van der Waals surface area contributed by atoms with E-state index in [0.717, 1.165) is 57.2 Å². The maximum Gasteiger partial charge on any atom is 0.227 e. The van der Waals surface area contributed by atoms with E-state index < -0.39 is 0 Å². The summed E-state index contributed by atoms with van der Waals surface area (Å²) in [6.07, 6.45) is 6.76. The lowest BCUT2D eigenvalue weighted by molar-refractivity contribution is -0.117. The first kappa shape index (κ1) is 19.4. The Hall–Kier alpha value is -2.87. The summed E-state index contributed by atoms with van der Waals surface area (Å²) in [5.41, 5.74) is 0.872. The Morgan fingerprint density at radius 1 is 1.07 bits per heavy atom. The molecule has 0 N–H and O–H groups in total. The minimum atomic E-state index is 0.168. The Bertz CT molecular complexity index is 824. The summed E-state index contributed by atoms with van der Waals surface area (Å²) >= 11 is 0. The van der Waals surface area contributed by atoms with Gasteiger partial charge in [0.05, 0.1) is 13.3 Å². The highest BCUT2D eigenvalue weighted by molar-refractivity contribution is 5.95. The third-order valence-corrected chi connectivity index (χ3v) is 5.44. The van der Waals surface area contributed by atoms with Gasteiger partial charge in [0.25, 0.3) is 0 Å². The molecule has 1 aromatic heterocycles. The van der Waals surface area contributed by atoms with Gasteiger partial charge in [-0.05, 0) is 18.6 Å². The fourth-order valence-electron chi connectivity index (χ4n) is 3.80. The smallest absolute Gasteiger partial charge is 0.227 e. The Balaban J connectivity index is 1.27. The van der Waals surface area contributed by atoms with E-state index in [1.54, 1.807) is 19.5 Å². The SMILES string of the molecule is COc1cc(N2CCCC2=O)ccc1OCCN1CCN(c2cnccn2)CC1. The number of hydrogen-bond donors (Lipinski definition) is 0. The molecule has 8 nitrogen and oxygen atoms in total. The number of carbonyl (C=O) groups excluding carboxylic acids is 1. The van der Waals surface area contributed by atoms with Crippen LogP contribution in [0.3, 0.4) is 0 Å². The molecule has 0 bridgehead atoms. The van der Waals surface area contributed by atoms with E-state index in [-0.39, 0.29) is 5.91 Å². The molecule has 3 heterocycles. The van der Waals surface area contributed by atoms with Gasteiger partial charge in [-0.1, -0.05) is 0 Å². The Kier molecular flexibility index (Phi) is 6.09. The Morgan fingerprint density at radius 2 is 1.93 bits per heavy atom. The van der Waals surface area contributed by atoms with Crippen LogP contribution in [0.25, 0.3) is 0 Å². The third-order valence-electron chi connectivity index (χ3n) is 5.44. The predicted molar refractivity (Wildman–Crippen MR) is 111 cm³/mol. The number of piperazine rings is 1. The van der Waals surface area contributed by atoms with E-state index in [2.05, 4.69) is 19.8 Å². The van der Waals surface area contributed by atoms with Crippen molar-refractivity contribution in [3.63, 3.8) is 0 Å². The zero-order valence-corrected chi connectivity index (χ0v) is 16.8. The van der Waals surface area contributed by atoms with Crippen LogP contribution in [0.15, 0.2) is 36.8 Å². The van der Waals surface area contributed by atoms with Crippen LogP contribution >= 0.6 is 0 Å². The first-order chi connectivity index (χ1) is 14.2. The molecule has 0 radical (unpaired) electrons. The Morgan fingerprint density at radius 3 is 2.62 bits per heavy atom. The predicted octanol–water partition coefficient (Wildman–Crippen LogP) is 1.81. The summed E-state index contributed by atoms with van der Waals surface area (Å²) < 4.78 is 11.5. The average Bonchev–Trinajstić information content (AvgIpc) is 3.21. The number of rotatable bonds is 7. The molecular formula is C21H27N5O3. The fourth-order valence-corrected chi connectivity index (χ4v) is 3.80. The second kappa shape index (κ2) is 9.09. The monoisotopic (exact) mass is 397 g/mol. The van der Waals surface area contributed by atoms with Crippen LogP contribution in [0.1, 0.15) is 12.8 Å². The van der Waals surface area contributed by atoms with Crippen molar-refractivity contribution in [2.75, 3.05) is 62.8 Å². The Labute approximate surface area is 171 Å². The van der Waals surface area contributed by atoms with E-state index in [0.29, 0.717) is 24.5 Å². The van der Waals surface area contributed by atoms with Crippen molar-refractivity contribution in [3.8, 4) is 11.5 Å². The zero-order valence-electron chi connectivity index (χ0n) is 16.8. The summed E-state index contributed by atoms with van der Waals surface area (Å²) in [5.74, 6) is 2.47. The number of carbonyl (C=O) groups is 1. The summed E-state index contributed by atoms with van der Waals surface area (Å²) in [6.45, 7) is 6.00. The maximum atomic E-state index is 12.0. The number of nitrogens with zero attached hydrogens (tertiary/aromatic N) is 5. The number of aromatic nitrogens is 2. The van der Waals surface area contributed by atoms with Crippen molar-refractivity contribution >= 4 is 17.4 Å². The summed E-state index contributed by atoms with van der Waals surface area (Å²) in [6, 6.07) is 5.71. The lowest BCUT2D eigenvalue weighted by atomic mass is 10.2. The molecule has 0 saturated carbocycles. The molecule has 0 atom stereocenters. The van der Waals surface area contributed by atoms with E-state index >= 15 is 0 Å². The van der Waals surface area contributed by atoms with Gasteiger partial charge in [-0.2, -0.15) is 0 Å². The lowest BCUT2D eigenvalue weighted by Crippen LogP contribution is -2.47. The van der Waals surface area contributed by atoms with Gasteiger partial charge in [0.1, 0.15) is 12.4 Å². The minimum absolute atomic E-state index is 0.168. The van der Waals surface area contributed by atoms with Crippen molar-refractivity contribution in [1.82, 2.24) is 14.9 Å². The van der Waals surface area contributed by atoms with Crippen LogP contribution in [-0.4, -0.2) is 73.8 Å². The molecule has 2 aromatic rings. The lowest BCUT2D eigenvalue weighted by Gasteiger charge is -2.35. The van der Waals surface area contributed by atoms with Crippen LogP contribution in [0.5, 0.6) is 11.5 Å². The van der Waals surface area contributed by atoms with E-state index in [1.807, 2.05) is 29.3 Å². The molecule has 0 aliphatic carbocycles. The van der Waals surface area contributed by atoms with E-state index in [4.69, 9.17) is 9.47 Å². The van der Waals surface area contributed by atoms with Gasteiger partial charge in [0.15, 0.2) is 11.5 Å². The number of ether oxygens (including phenoxy) is 2. The first-order valence-corrected chi connectivity index (χ1v) is 10.1. The molecule has 0 unspecified atom stereocenters. The molecule has 0 spiro atoms. The van der Waals surface area contributed by atoms with Crippen molar-refractivity contribution in [2.24, 2.45) is 0 Å². The topological polar surface area (TPSA) is 71.0 Å². The number of anilines is 2. The van der Waals surface area contributed by atoms with Crippen molar-refractivity contribution < 1.29 is 14.3 Å². The van der Waals surface area contributed by atoms with Gasteiger partial charge in [-0.25, -0.2) is 4.98 Å². The molecule has 29 heavy (non-hydrogen) atoms. The highest BCUT2D eigenvalue weighted by atomic mass is 16.5. The molecule has 1 amide bonds. The maximum absolute atomic E-state index is 12.0. The highest BCUT2D eigenvalue weighted by Crippen LogP contribution is 2.33. The van der Waals surface area contributed by atoms with E-state index in [1.165, 1.54) is 0 Å². The van der Waals surface area contributed by atoms with E-state index in [9.17, 15) is 4.79 Å². The third kappa shape index (κ3) is 4.59. The summed E-state index contributed by atoms with van der Waals surface area (Å²) in [5, 5.41) is 0.